The molecule has 1 aliphatic rings. The molecule has 0 aromatic heterocycles. The van der Waals surface area contributed by atoms with Gasteiger partial charge in [-0.1, -0.05) is 25.5 Å². The van der Waals surface area contributed by atoms with Crippen molar-refractivity contribution < 1.29 is 4.74 Å². The van der Waals surface area contributed by atoms with Gasteiger partial charge < -0.3 is 10.1 Å². The van der Waals surface area contributed by atoms with Gasteiger partial charge >= 0.3 is 0 Å². The summed E-state index contributed by atoms with van der Waals surface area (Å²) in [6.07, 6.45) is 4.28. The molecule has 1 fully saturated rings. The van der Waals surface area contributed by atoms with E-state index < -0.39 is 0 Å². The lowest BCUT2D eigenvalue weighted by molar-refractivity contribution is 0.0492. The van der Waals surface area contributed by atoms with E-state index in [2.05, 4.69) is 52.9 Å². The van der Waals surface area contributed by atoms with E-state index in [1.54, 1.807) is 0 Å². The molecule has 0 amide bonds. The molecule has 1 saturated heterocycles. The predicted octanol–water partition coefficient (Wildman–Crippen LogP) is 3.38. The molecule has 2 nitrogen and oxygen atoms in total. The number of rotatable bonds is 5. The molecule has 0 aromatic rings. The van der Waals surface area contributed by atoms with Crippen molar-refractivity contribution in [1.29, 1.82) is 0 Å². The zero-order chi connectivity index (χ0) is 13.0. The molecular weight excluding hydrogens is 210 g/mol. The second kappa shape index (κ2) is 6.55. The molecule has 0 bridgehead atoms. The summed E-state index contributed by atoms with van der Waals surface area (Å²) in [7, 11) is 0. The second-order valence-electron chi connectivity index (χ2n) is 5.71. The third-order valence-electron chi connectivity index (χ3n) is 3.88. The molecule has 0 radical (unpaired) electrons. The van der Waals surface area contributed by atoms with Crippen LogP contribution in [0.3, 0.4) is 0 Å². The number of allylic oxidation sites excluding steroid dienone is 1. The zero-order valence-corrected chi connectivity index (χ0v) is 12.3. The van der Waals surface area contributed by atoms with Gasteiger partial charge in [-0.15, -0.1) is 0 Å². The Kier molecular flexibility index (Phi) is 5.68. The number of ether oxygens (including phenoxy) is 1. The summed E-state index contributed by atoms with van der Waals surface area (Å²) in [6, 6.07) is 0.454. The Hall–Kier alpha value is -0.340. The van der Waals surface area contributed by atoms with E-state index in [9.17, 15) is 0 Å². The van der Waals surface area contributed by atoms with Crippen molar-refractivity contribution in [2.75, 3.05) is 6.54 Å². The van der Waals surface area contributed by atoms with Gasteiger partial charge in [-0.3, -0.25) is 0 Å². The molecule has 17 heavy (non-hydrogen) atoms. The van der Waals surface area contributed by atoms with Crippen LogP contribution < -0.4 is 5.32 Å². The minimum absolute atomic E-state index is 0.352. The van der Waals surface area contributed by atoms with Crippen molar-refractivity contribution in [3.05, 3.63) is 11.6 Å². The van der Waals surface area contributed by atoms with Gasteiger partial charge in [0.25, 0.3) is 0 Å². The second-order valence-corrected chi connectivity index (χ2v) is 5.71. The van der Waals surface area contributed by atoms with Crippen molar-refractivity contribution in [2.45, 2.75) is 66.2 Å². The van der Waals surface area contributed by atoms with Crippen LogP contribution >= 0.6 is 0 Å². The largest absolute Gasteiger partial charge is 0.375 e. The summed E-state index contributed by atoms with van der Waals surface area (Å²) in [4.78, 5) is 0. The summed E-state index contributed by atoms with van der Waals surface area (Å²) >= 11 is 0. The van der Waals surface area contributed by atoms with E-state index in [-0.39, 0.29) is 0 Å². The molecule has 0 spiro atoms. The standard InChI is InChI=1S/C15H29NO/c1-7-8-16-14(9-10(2)3)15-11(4)12(5)17-13(15)6/h9,11-16H,7-8H2,1-6H3. The molecule has 5 unspecified atom stereocenters. The number of nitrogens with one attached hydrogen (secondary N) is 1. The van der Waals surface area contributed by atoms with Crippen LogP contribution in [0.5, 0.6) is 0 Å². The zero-order valence-electron chi connectivity index (χ0n) is 12.3. The average molecular weight is 239 g/mol. The third kappa shape index (κ3) is 3.82. The Bertz CT molecular complexity index is 258. The first-order valence-corrected chi connectivity index (χ1v) is 7.01. The fourth-order valence-corrected chi connectivity index (χ4v) is 2.89. The molecule has 1 heterocycles. The Balaban J connectivity index is 2.78. The Morgan fingerprint density at radius 3 is 2.29 bits per heavy atom. The van der Waals surface area contributed by atoms with Crippen LogP contribution in [0.15, 0.2) is 11.6 Å². The van der Waals surface area contributed by atoms with E-state index in [1.165, 1.54) is 12.0 Å². The van der Waals surface area contributed by atoms with E-state index in [4.69, 9.17) is 4.74 Å². The van der Waals surface area contributed by atoms with Crippen molar-refractivity contribution in [2.24, 2.45) is 11.8 Å². The van der Waals surface area contributed by atoms with Gasteiger partial charge in [0.15, 0.2) is 0 Å². The fourth-order valence-electron chi connectivity index (χ4n) is 2.89. The average Bonchev–Trinajstić information content (AvgIpc) is 2.48. The maximum Gasteiger partial charge on any atom is 0.0600 e. The maximum atomic E-state index is 5.96. The van der Waals surface area contributed by atoms with Crippen molar-refractivity contribution in [1.82, 2.24) is 5.32 Å². The molecule has 100 valence electrons. The van der Waals surface area contributed by atoms with Gasteiger partial charge in [-0.2, -0.15) is 0 Å². The highest BCUT2D eigenvalue weighted by atomic mass is 16.5. The Morgan fingerprint density at radius 2 is 1.88 bits per heavy atom. The lowest BCUT2D eigenvalue weighted by atomic mass is 9.82. The third-order valence-corrected chi connectivity index (χ3v) is 3.88. The minimum atomic E-state index is 0.352. The summed E-state index contributed by atoms with van der Waals surface area (Å²) in [5.74, 6) is 1.21. The summed E-state index contributed by atoms with van der Waals surface area (Å²) in [5, 5.41) is 3.67. The van der Waals surface area contributed by atoms with Gasteiger partial charge in [-0.05, 0) is 46.6 Å². The SMILES string of the molecule is CCCNC(C=C(C)C)C1C(C)OC(C)C1C. The van der Waals surface area contributed by atoms with Crippen molar-refractivity contribution >= 4 is 0 Å². The number of hydrogen-bond acceptors (Lipinski definition) is 2. The van der Waals surface area contributed by atoms with Crippen LogP contribution in [-0.2, 0) is 4.74 Å². The summed E-state index contributed by atoms with van der Waals surface area (Å²) < 4.78 is 5.96. The highest BCUT2D eigenvalue weighted by Gasteiger charge is 2.40. The maximum absolute atomic E-state index is 5.96. The van der Waals surface area contributed by atoms with Gasteiger partial charge in [0, 0.05) is 12.0 Å². The summed E-state index contributed by atoms with van der Waals surface area (Å²) in [6.45, 7) is 14.4. The molecule has 0 aliphatic carbocycles. The van der Waals surface area contributed by atoms with Crippen molar-refractivity contribution in [3.63, 3.8) is 0 Å². The van der Waals surface area contributed by atoms with Gasteiger partial charge in [0.2, 0.25) is 0 Å². The lowest BCUT2D eigenvalue weighted by Gasteiger charge is -2.28. The van der Waals surface area contributed by atoms with Crippen LogP contribution in [0.2, 0.25) is 0 Å². The van der Waals surface area contributed by atoms with Crippen LogP contribution in [0.25, 0.3) is 0 Å². The molecule has 0 aromatic carbocycles. The van der Waals surface area contributed by atoms with Gasteiger partial charge in [-0.25, -0.2) is 0 Å². The predicted molar refractivity (Wildman–Crippen MR) is 74.2 cm³/mol. The van der Waals surface area contributed by atoms with Crippen molar-refractivity contribution in [3.8, 4) is 0 Å². The molecule has 1 rings (SSSR count). The molecule has 5 atom stereocenters. The minimum Gasteiger partial charge on any atom is -0.375 e. The highest BCUT2D eigenvalue weighted by molar-refractivity contribution is 5.07. The molecule has 1 aliphatic heterocycles. The highest BCUT2D eigenvalue weighted by Crippen LogP contribution is 2.35. The van der Waals surface area contributed by atoms with E-state index in [0.717, 1.165) is 6.54 Å². The molecule has 1 N–H and O–H groups in total. The van der Waals surface area contributed by atoms with E-state index >= 15 is 0 Å². The topological polar surface area (TPSA) is 21.3 Å². The van der Waals surface area contributed by atoms with E-state index in [0.29, 0.717) is 30.1 Å². The normalized spacial score (nSPS) is 34.7. The Morgan fingerprint density at radius 1 is 1.24 bits per heavy atom. The fraction of sp³-hybridized carbons (Fsp3) is 0.867. The quantitative estimate of drug-likeness (QED) is 0.743. The first kappa shape index (κ1) is 14.7. The first-order chi connectivity index (χ1) is 7.97. The van der Waals surface area contributed by atoms with Crippen LogP contribution in [0, 0.1) is 11.8 Å². The molecule has 2 heteroatoms. The van der Waals surface area contributed by atoms with Gasteiger partial charge in [0.1, 0.15) is 0 Å². The monoisotopic (exact) mass is 239 g/mol. The molecular formula is C15H29NO. The van der Waals surface area contributed by atoms with Crippen LogP contribution in [0.4, 0.5) is 0 Å². The van der Waals surface area contributed by atoms with Gasteiger partial charge in [0.05, 0.1) is 12.2 Å². The number of hydrogen-bond donors (Lipinski definition) is 1. The molecule has 0 saturated carbocycles. The van der Waals surface area contributed by atoms with Crippen LogP contribution in [-0.4, -0.2) is 24.8 Å². The summed E-state index contributed by atoms with van der Waals surface area (Å²) in [5.41, 5.74) is 1.39. The lowest BCUT2D eigenvalue weighted by Crippen LogP contribution is -2.41. The smallest absolute Gasteiger partial charge is 0.0600 e. The Labute approximate surface area is 107 Å². The first-order valence-electron chi connectivity index (χ1n) is 7.01. The van der Waals surface area contributed by atoms with E-state index in [1.807, 2.05) is 0 Å². The van der Waals surface area contributed by atoms with Crippen LogP contribution in [0.1, 0.15) is 48.0 Å².